The number of nitrogens with zero attached hydrogens (tertiary/aromatic N) is 2. The van der Waals surface area contributed by atoms with Gasteiger partial charge in [0.05, 0.1) is 33.5 Å². The van der Waals surface area contributed by atoms with Crippen LogP contribution in [0.3, 0.4) is 0 Å². The summed E-state index contributed by atoms with van der Waals surface area (Å²) in [5.74, 6) is 1.42. The molecule has 4 fully saturated rings. The number of nitrogens with one attached hydrogen (secondary N) is 1. The van der Waals surface area contributed by atoms with Crippen molar-refractivity contribution in [1.29, 1.82) is 0 Å². The number of hydrogen-bond acceptors (Lipinski definition) is 10. The Bertz CT molecular complexity index is 2620. The van der Waals surface area contributed by atoms with Gasteiger partial charge < -0.3 is 32.7 Å². The summed E-state index contributed by atoms with van der Waals surface area (Å²) in [7, 11) is -0.594. The van der Waals surface area contributed by atoms with E-state index in [1.54, 1.807) is 21.1 Å². The first-order chi connectivity index (χ1) is 31.7. The van der Waals surface area contributed by atoms with E-state index in [9.17, 15) is 9.59 Å². The Kier molecular flexibility index (Phi) is 12.0. The second-order valence-electron chi connectivity index (χ2n) is 17.7. The summed E-state index contributed by atoms with van der Waals surface area (Å²) in [5, 5.41) is 2.73. The molecule has 6 aromatic rings. The minimum absolute atomic E-state index is 0.00225. The van der Waals surface area contributed by atoms with E-state index in [4.69, 9.17) is 32.7 Å². The molecule has 0 amide bonds. The standard InChI is InChI=1S/C51H54N3O9PSi/c1-35-31-53(49(56)52-47(35)55)48-45-46(63-64-54-30-14-21-43(54)44(62-64)32-65(4,41-17-10-6-11-18-41)42-19-12-7-13-20-42)50(61-48,33-59-45)34-60-51(36-15-8-5-9-16-36,37-22-26-39(57-2)27-23-37)38-24-28-40(58-3)29-25-38/h5-13,15-20,22-29,31,43-46,48H,14,21,30,32-34H2,1-4H3,(H,52,55,56)/t43-,44+,45+,46-,48+,50+,64-/m0/s1. The SMILES string of the molecule is COc1ccc(C(OC[C@@]23CO[C@@H]([C@H](n4cc(C)c(=O)[nH]c4=O)O2)[C@@H]3O[P@]2O[C@H](C[Si](C)(c3ccccc3)c3ccccc3)[C@@H]3CCCN32)(c2ccccc2)c2ccc(OC)cc2)cc1. The zero-order valence-corrected chi connectivity index (χ0v) is 38.9. The summed E-state index contributed by atoms with van der Waals surface area (Å²) in [5.41, 5.74) is -0.466. The lowest BCUT2D eigenvalue weighted by molar-refractivity contribution is -0.203. The van der Waals surface area contributed by atoms with Gasteiger partial charge in [-0.15, -0.1) is 0 Å². The van der Waals surface area contributed by atoms with Gasteiger partial charge in [-0.1, -0.05) is 132 Å². The highest BCUT2D eigenvalue weighted by molar-refractivity contribution is 7.45. The Morgan fingerprint density at radius 2 is 1.37 bits per heavy atom. The van der Waals surface area contributed by atoms with E-state index in [1.165, 1.54) is 21.1 Å². The van der Waals surface area contributed by atoms with Crippen LogP contribution in [-0.2, 0) is 28.9 Å². The number of aromatic amines is 1. The Labute approximate surface area is 381 Å². The van der Waals surface area contributed by atoms with Crippen LogP contribution in [0.5, 0.6) is 11.5 Å². The van der Waals surface area contributed by atoms with Crippen molar-refractivity contribution in [2.75, 3.05) is 34.0 Å². The molecular weight excluding hydrogens is 858 g/mol. The lowest BCUT2D eigenvalue weighted by Crippen LogP contribution is -2.58. The first-order valence-corrected chi connectivity index (χ1v) is 26.1. The third-order valence-corrected chi connectivity index (χ3v) is 20.1. The van der Waals surface area contributed by atoms with Crippen LogP contribution in [0.25, 0.3) is 0 Å². The van der Waals surface area contributed by atoms with Gasteiger partial charge in [0, 0.05) is 24.3 Å². The van der Waals surface area contributed by atoms with Crippen molar-refractivity contribution in [3.63, 3.8) is 0 Å². The molecule has 0 unspecified atom stereocenters. The fourth-order valence-electron chi connectivity index (χ4n) is 10.3. The number of hydrogen-bond donors (Lipinski definition) is 1. The predicted octanol–water partition coefficient (Wildman–Crippen LogP) is 6.91. The molecule has 5 heterocycles. The molecule has 1 N–H and O–H groups in total. The first-order valence-electron chi connectivity index (χ1n) is 22.3. The number of H-pyrrole nitrogens is 1. The minimum Gasteiger partial charge on any atom is -0.497 e. The number of fused-ring (bicyclic) bond motifs is 3. The normalized spacial score (nSPS) is 25.2. The second-order valence-corrected chi connectivity index (χ2v) is 23.3. The highest BCUT2D eigenvalue weighted by atomic mass is 31.2. The van der Waals surface area contributed by atoms with E-state index in [0.717, 1.165) is 42.1 Å². The van der Waals surface area contributed by atoms with Gasteiger partial charge >= 0.3 is 5.69 Å². The lowest BCUT2D eigenvalue weighted by atomic mass is 9.79. The van der Waals surface area contributed by atoms with Gasteiger partial charge in [-0.25, -0.2) is 9.46 Å². The summed E-state index contributed by atoms with van der Waals surface area (Å²) >= 11 is 0. The molecule has 7 atom stereocenters. The summed E-state index contributed by atoms with van der Waals surface area (Å²) in [6, 6.07) is 48.7. The number of methoxy groups -OCH3 is 2. The smallest absolute Gasteiger partial charge is 0.330 e. The molecule has 14 heteroatoms. The van der Waals surface area contributed by atoms with Gasteiger partial charge in [-0.05, 0) is 66.8 Å². The topological polar surface area (TPSA) is 123 Å². The highest BCUT2D eigenvalue weighted by Crippen LogP contribution is 2.61. The molecule has 0 spiro atoms. The van der Waals surface area contributed by atoms with Crippen LogP contribution in [0.2, 0.25) is 12.6 Å². The average Bonchev–Trinajstić information content (AvgIpc) is 4.13. The molecule has 336 valence electrons. The molecule has 10 rings (SSSR count). The number of aryl methyl sites for hydroxylation is 1. The summed E-state index contributed by atoms with van der Waals surface area (Å²) in [4.78, 5) is 28.7. The van der Waals surface area contributed by atoms with Gasteiger partial charge in [0.1, 0.15) is 43.0 Å². The van der Waals surface area contributed by atoms with E-state index in [1.807, 2.05) is 66.7 Å². The Hall–Kier alpha value is -5.21. The van der Waals surface area contributed by atoms with Crippen molar-refractivity contribution in [3.8, 4) is 11.5 Å². The molecule has 1 aromatic heterocycles. The Morgan fingerprint density at radius 1 is 0.800 bits per heavy atom. The van der Waals surface area contributed by atoms with Crippen molar-refractivity contribution in [3.05, 3.63) is 189 Å². The van der Waals surface area contributed by atoms with E-state index >= 15 is 0 Å². The molecule has 65 heavy (non-hydrogen) atoms. The van der Waals surface area contributed by atoms with Gasteiger partial charge in [-0.3, -0.25) is 14.3 Å². The molecular formula is C51H54N3O9PSi. The summed E-state index contributed by atoms with van der Waals surface area (Å²) < 4.78 is 50.9. The van der Waals surface area contributed by atoms with Crippen molar-refractivity contribution in [2.45, 2.75) is 74.1 Å². The van der Waals surface area contributed by atoms with Gasteiger partial charge in [0.25, 0.3) is 14.1 Å². The van der Waals surface area contributed by atoms with Crippen molar-refractivity contribution in [2.24, 2.45) is 0 Å². The van der Waals surface area contributed by atoms with Crippen LogP contribution < -0.4 is 31.1 Å². The number of rotatable bonds is 15. The molecule has 0 radical (unpaired) electrons. The maximum atomic E-state index is 13.6. The van der Waals surface area contributed by atoms with E-state index in [-0.39, 0.29) is 25.4 Å². The second kappa shape index (κ2) is 17.9. The first kappa shape index (κ1) is 43.7. The summed E-state index contributed by atoms with van der Waals surface area (Å²) in [6.45, 7) is 5.09. The van der Waals surface area contributed by atoms with Crippen LogP contribution >= 0.6 is 8.53 Å². The third-order valence-electron chi connectivity index (χ3n) is 13.9. The monoisotopic (exact) mass is 911 g/mol. The molecule has 0 saturated carbocycles. The van der Waals surface area contributed by atoms with E-state index in [2.05, 4.69) is 89.0 Å². The highest BCUT2D eigenvalue weighted by Gasteiger charge is 2.66. The average molecular weight is 912 g/mol. The van der Waals surface area contributed by atoms with E-state index < -0.39 is 57.5 Å². The Balaban J connectivity index is 1.04. The third kappa shape index (κ3) is 7.81. The van der Waals surface area contributed by atoms with Crippen LogP contribution in [0.15, 0.2) is 155 Å². The quantitative estimate of drug-likeness (QED) is 0.0662. The molecule has 12 nitrogen and oxygen atoms in total. The van der Waals surface area contributed by atoms with Crippen molar-refractivity contribution >= 4 is 27.0 Å². The van der Waals surface area contributed by atoms with Crippen molar-refractivity contribution in [1.82, 2.24) is 14.2 Å². The van der Waals surface area contributed by atoms with Crippen LogP contribution in [0.4, 0.5) is 0 Å². The number of benzene rings is 5. The molecule has 4 aliphatic rings. The fourth-order valence-corrected chi connectivity index (χ4v) is 16.4. The lowest BCUT2D eigenvalue weighted by Gasteiger charge is -2.40. The van der Waals surface area contributed by atoms with Gasteiger partial charge in [-0.2, -0.15) is 0 Å². The molecule has 5 aromatic carbocycles. The van der Waals surface area contributed by atoms with Crippen LogP contribution in [0.1, 0.15) is 41.3 Å². The zero-order chi connectivity index (χ0) is 44.8. The van der Waals surface area contributed by atoms with Gasteiger partial charge in [0.15, 0.2) is 6.23 Å². The number of ether oxygens (including phenoxy) is 5. The van der Waals surface area contributed by atoms with Crippen LogP contribution in [-0.4, -0.2) is 86.2 Å². The largest absolute Gasteiger partial charge is 0.497 e. The molecule has 2 bridgehead atoms. The number of aromatic nitrogens is 2. The summed E-state index contributed by atoms with van der Waals surface area (Å²) in [6.07, 6.45) is 1.14. The predicted molar refractivity (Wildman–Crippen MR) is 252 cm³/mol. The maximum Gasteiger partial charge on any atom is 0.330 e. The zero-order valence-electron chi connectivity index (χ0n) is 37.0. The van der Waals surface area contributed by atoms with Crippen molar-refractivity contribution < 1.29 is 32.7 Å². The minimum atomic E-state index is -2.29. The van der Waals surface area contributed by atoms with Gasteiger partial charge in [0.2, 0.25) is 0 Å². The fraction of sp³-hybridized carbons (Fsp3) is 0.333. The maximum absolute atomic E-state index is 13.6. The van der Waals surface area contributed by atoms with E-state index in [0.29, 0.717) is 17.1 Å². The molecule has 0 aliphatic carbocycles. The molecule has 4 saturated heterocycles. The Morgan fingerprint density at radius 3 is 1.95 bits per heavy atom. The van der Waals surface area contributed by atoms with Crippen LogP contribution in [0, 0.1) is 6.92 Å². The molecule has 4 aliphatic heterocycles.